The minimum absolute atomic E-state index is 0.124. The maximum Gasteiger partial charge on any atom is 0.306 e. The number of hydrogen-bond donors (Lipinski definition) is 2. The smallest absolute Gasteiger partial charge is 0.306 e. The van der Waals surface area contributed by atoms with Gasteiger partial charge in [-0.05, 0) is 57.6 Å². The molecule has 4 nitrogen and oxygen atoms in total. The molecule has 3 rings (SSSR count). The van der Waals surface area contributed by atoms with Gasteiger partial charge in [0.25, 0.3) is 0 Å². The van der Waals surface area contributed by atoms with E-state index in [1.807, 2.05) is 0 Å². The van der Waals surface area contributed by atoms with E-state index in [2.05, 4.69) is 47.6 Å². The largest absolute Gasteiger partial charge is 0.481 e. The molecular weight excluding hydrogens is 300 g/mol. The van der Waals surface area contributed by atoms with Crippen molar-refractivity contribution in [3.8, 4) is 0 Å². The lowest BCUT2D eigenvalue weighted by Crippen LogP contribution is -2.59. The zero-order chi connectivity index (χ0) is 17.0. The second kappa shape index (κ2) is 7.66. The van der Waals surface area contributed by atoms with E-state index < -0.39 is 5.97 Å². The van der Waals surface area contributed by atoms with E-state index in [4.69, 9.17) is 5.11 Å². The lowest BCUT2D eigenvalue weighted by molar-refractivity contribution is -0.142. The molecule has 2 fully saturated rings. The van der Waals surface area contributed by atoms with Crippen LogP contribution in [0.1, 0.15) is 50.5 Å². The molecule has 0 radical (unpaired) electrons. The van der Waals surface area contributed by atoms with Gasteiger partial charge in [0.15, 0.2) is 0 Å². The highest BCUT2D eigenvalue weighted by molar-refractivity contribution is 5.70. The molecule has 2 aliphatic carbocycles. The predicted octanol–water partition coefficient (Wildman–Crippen LogP) is 3.27. The van der Waals surface area contributed by atoms with Gasteiger partial charge in [0.05, 0.1) is 5.92 Å². The SMILES string of the molecule is CN(Cc1ccccc1)C1(CNC2CCC(C(=O)O)CC2)CCC1. The molecule has 0 spiro atoms. The Morgan fingerprint density at radius 1 is 1.21 bits per heavy atom. The van der Waals surface area contributed by atoms with Crippen molar-refractivity contribution >= 4 is 5.97 Å². The van der Waals surface area contributed by atoms with Crippen LogP contribution in [0.2, 0.25) is 0 Å². The van der Waals surface area contributed by atoms with Crippen molar-refractivity contribution in [2.45, 2.75) is 63.1 Å². The van der Waals surface area contributed by atoms with Gasteiger partial charge in [-0.3, -0.25) is 9.69 Å². The molecule has 2 saturated carbocycles. The van der Waals surface area contributed by atoms with Crippen molar-refractivity contribution in [1.29, 1.82) is 0 Å². The average molecular weight is 330 g/mol. The summed E-state index contributed by atoms with van der Waals surface area (Å²) < 4.78 is 0. The molecule has 0 amide bonds. The fraction of sp³-hybridized carbons (Fsp3) is 0.650. The molecule has 4 heteroatoms. The van der Waals surface area contributed by atoms with Crippen LogP contribution in [0.4, 0.5) is 0 Å². The Morgan fingerprint density at radius 2 is 1.88 bits per heavy atom. The number of nitrogens with zero attached hydrogens (tertiary/aromatic N) is 1. The Labute approximate surface area is 145 Å². The van der Waals surface area contributed by atoms with Crippen LogP contribution in [0.5, 0.6) is 0 Å². The minimum Gasteiger partial charge on any atom is -0.481 e. The van der Waals surface area contributed by atoms with Crippen LogP contribution in [0.25, 0.3) is 0 Å². The third kappa shape index (κ3) is 3.98. The number of likely N-dealkylation sites (N-methyl/N-ethyl adjacent to an activating group) is 1. The maximum atomic E-state index is 11.1. The fourth-order valence-electron chi connectivity index (χ4n) is 4.18. The molecule has 24 heavy (non-hydrogen) atoms. The summed E-state index contributed by atoms with van der Waals surface area (Å²) in [7, 11) is 2.25. The molecule has 2 N–H and O–H groups in total. The van der Waals surface area contributed by atoms with Crippen molar-refractivity contribution in [2.24, 2.45) is 5.92 Å². The van der Waals surface area contributed by atoms with Gasteiger partial charge in [-0.25, -0.2) is 0 Å². The van der Waals surface area contributed by atoms with E-state index in [-0.39, 0.29) is 11.5 Å². The molecule has 0 aromatic heterocycles. The highest BCUT2D eigenvalue weighted by Gasteiger charge is 2.41. The summed E-state index contributed by atoms with van der Waals surface area (Å²) in [5.74, 6) is -0.743. The standard InChI is InChI=1S/C20H30N2O2/c1-22(14-16-6-3-2-4-7-16)20(12-5-13-20)15-21-18-10-8-17(9-11-18)19(23)24/h2-4,6-7,17-18,21H,5,8-15H2,1H3,(H,23,24). The quantitative estimate of drug-likeness (QED) is 0.805. The van der Waals surface area contributed by atoms with E-state index in [9.17, 15) is 4.79 Å². The predicted molar refractivity (Wildman–Crippen MR) is 95.9 cm³/mol. The van der Waals surface area contributed by atoms with Crippen molar-refractivity contribution in [1.82, 2.24) is 10.2 Å². The monoisotopic (exact) mass is 330 g/mol. The van der Waals surface area contributed by atoms with Crippen molar-refractivity contribution in [2.75, 3.05) is 13.6 Å². The highest BCUT2D eigenvalue weighted by atomic mass is 16.4. The summed E-state index contributed by atoms with van der Waals surface area (Å²) >= 11 is 0. The molecule has 0 bridgehead atoms. The van der Waals surface area contributed by atoms with Crippen LogP contribution in [0.15, 0.2) is 30.3 Å². The van der Waals surface area contributed by atoms with E-state index in [0.717, 1.165) is 38.8 Å². The van der Waals surface area contributed by atoms with Crippen LogP contribution < -0.4 is 5.32 Å². The molecule has 0 aliphatic heterocycles. The molecule has 0 unspecified atom stereocenters. The van der Waals surface area contributed by atoms with Crippen molar-refractivity contribution in [3.63, 3.8) is 0 Å². The number of rotatable bonds is 7. The number of benzene rings is 1. The zero-order valence-electron chi connectivity index (χ0n) is 14.7. The topological polar surface area (TPSA) is 52.6 Å². The van der Waals surface area contributed by atoms with Gasteiger partial charge in [0.2, 0.25) is 0 Å². The average Bonchev–Trinajstić information content (AvgIpc) is 2.55. The molecule has 132 valence electrons. The summed E-state index contributed by atoms with van der Waals surface area (Å²) in [4.78, 5) is 13.6. The molecule has 0 atom stereocenters. The molecule has 1 aromatic carbocycles. The molecule has 0 heterocycles. The van der Waals surface area contributed by atoms with Gasteiger partial charge >= 0.3 is 5.97 Å². The van der Waals surface area contributed by atoms with E-state index in [1.165, 1.54) is 24.8 Å². The first kappa shape index (κ1) is 17.4. The lowest BCUT2D eigenvalue weighted by atomic mass is 9.74. The van der Waals surface area contributed by atoms with E-state index >= 15 is 0 Å². The Bertz CT molecular complexity index is 534. The first-order valence-corrected chi connectivity index (χ1v) is 9.30. The Balaban J connectivity index is 1.50. The fourth-order valence-corrected chi connectivity index (χ4v) is 4.18. The summed E-state index contributed by atoms with van der Waals surface area (Å²) in [5, 5.41) is 12.9. The molecule has 2 aliphatic rings. The van der Waals surface area contributed by atoms with Gasteiger partial charge in [0, 0.05) is 24.7 Å². The first-order valence-electron chi connectivity index (χ1n) is 9.30. The van der Waals surface area contributed by atoms with Gasteiger partial charge in [-0.2, -0.15) is 0 Å². The number of carbonyl (C=O) groups is 1. The van der Waals surface area contributed by atoms with Crippen LogP contribution in [-0.4, -0.2) is 41.1 Å². The van der Waals surface area contributed by atoms with Gasteiger partial charge < -0.3 is 10.4 Å². The summed E-state index contributed by atoms with van der Waals surface area (Å²) in [6.45, 7) is 2.02. The summed E-state index contributed by atoms with van der Waals surface area (Å²) in [5.41, 5.74) is 1.65. The molecule has 0 saturated heterocycles. The lowest BCUT2D eigenvalue weighted by Gasteiger charge is -2.50. The van der Waals surface area contributed by atoms with Crippen LogP contribution >= 0.6 is 0 Å². The summed E-state index contributed by atoms with van der Waals surface area (Å²) in [6.07, 6.45) is 7.46. The zero-order valence-corrected chi connectivity index (χ0v) is 14.7. The number of hydrogen-bond acceptors (Lipinski definition) is 3. The van der Waals surface area contributed by atoms with Crippen LogP contribution in [0.3, 0.4) is 0 Å². The number of carboxylic acid groups (broad SMARTS) is 1. The van der Waals surface area contributed by atoms with Crippen LogP contribution in [0, 0.1) is 5.92 Å². The Hall–Kier alpha value is -1.39. The Kier molecular flexibility index (Phi) is 5.57. The highest BCUT2D eigenvalue weighted by Crippen LogP contribution is 2.37. The number of nitrogens with one attached hydrogen (secondary N) is 1. The third-order valence-electron chi connectivity index (χ3n) is 6.15. The third-order valence-corrected chi connectivity index (χ3v) is 6.15. The van der Waals surface area contributed by atoms with Gasteiger partial charge in [-0.15, -0.1) is 0 Å². The number of aliphatic carboxylic acids is 1. The minimum atomic E-state index is -0.619. The van der Waals surface area contributed by atoms with Crippen molar-refractivity contribution in [3.05, 3.63) is 35.9 Å². The molecular formula is C20H30N2O2. The number of carboxylic acids is 1. The van der Waals surface area contributed by atoms with Crippen LogP contribution in [-0.2, 0) is 11.3 Å². The normalized spacial score (nSPS) is 26.1. The van der Waals surface area contributed by atoms with Gasteiger partial charge in [0.1, 0.15) is 0 Å². The second-order valence-electron chi connectivity index (χ2n) is 7.69. The first-order chi connectivity index (χ1) is 11.6. The van der Waals surface area contributed by atoms with Gasteiger partial charge in [-0.1, -0.05) is 30.3 Å². The summed E-state index contributed by atoms with van der Waals surface area (Å²) in [6, 6.07) is 11.2. The van der Waals surface area contributed by atoms with E-state index in [1.54, 1.807) is 0 Å². The second-order valence-corrected chi connectivity index (χ2v) is 7.69. The Morgan fingerprint density at radius 3 is 2.42 bits per heavy atom. The van der Waals surface area contributed by atoms with E-state index in [0.29, 0.717) is 6.04 Å². The molecule has 1 aromatic rings. The van der Waals surface area contributed by atoms with Crippen molar-refractivity contribution < 1.29 is 9.90 Å². The maximum absolute atomic E-state index is 11.1.